The number of nitrogens with one attached hydrogen (secondary N) is 1. The largest absolute Gasteiger partial charge is 0.381 e. The number of aromatic nitrogens is 1. The molecule has 0 amide bonds. The molecule has 17 heavy (non-hydrogen) atoms. The lowest BCUT2D eigenvalue weighted by Crippen LogP contribution is -2.31. The van der Waals surface area contributed by atoms with Gasteiger partial charge in [-0.25, -0.2) is 4.98 Å². The number of anilines is 1. The van der Waals surface area contributed by atoms with Gasteiger partial charge in [-0.2, -0.15) is 0 Å². The van der Waals surface area contributed by atoms with E-state index in [-0.39, 0.29) is 0 Å². The first-order chi connectivity index (χ1) is 8.22. The lowest BCUT2D eigenvalue weighted by atomic mass is 10.2. The van der Waals surface area contributed by atoms with Crippen molar-refractivity contribution in [2.75, 3.05) is 11.9 Å². The Balaban J connectivity index is 1.63. The van der Waals surface area contributed by atoms with E-state index in [0.717, 1.165) is 18.3 Å². The zero-order chi connectivity index (χ0) is 11.8. The van der Waals surface area contributed by atoms with Crippen LogP contribution in [0.3, 0.4) is 0 Å². The molecular weight excluding hydrogens is 234 g/mol. The third-order valence-electron chi connectivity index (χ3n) is 3.74. The van der Waals surface area contributed by atoms with Crippen molar-refractivity contribution in [2.45, 2.75) is 44.3 Å². The summed E-state index contributed by atoms with van der Waals surface area (Å²) in [5.74, 6) is 0. The van der Waals surface area contributed by atoms with E-state index in [1.54, 1.807) is 6.20 Å². The second-order valence-corrected chi connectivity index (χ2v) is 5.61. The highest BCUT2D eigenvalue weighted by molar-refractivity contribution is 6.29. The fourth-order valence-corrected chi connectivity index (χ4v) is 2.98. The molecule has 0 spiro atoms. The molecule has 92 valence electrons. The van der Waals surface area contributed by atoms with E-state index in [1.165, 1.54) is 19.3 Å². The van der Waals surface area contributed by atoms with Gasteiger partial charge in [-0.15, -0.1) is 0 Å². The minimum absolute atomic E-state index is 0.545. The molecule has 0 aromatic carbocycles. The summed E-state index contributed by atoms with van der Waals surface area (Å²) in [7, 11) is 0. The van der Waals surface area contributed by atoms with Crippen molar-refractivity contribution in [3.8, 4) is 0 Å². The smallest absolute Gasteiger partial charge is 0.131 e. The molecule has 0 bridgehead atoms. The van der Waals surface area contributed by atoms with Crippen molar-refractivity contribution in [3.05, 3.63) is 23.5 Å². The molecule has 1 saturated heterocycles. The first-order valence-corrected chi connectivity index (χ1v) is 6.74. The zero-order valence-electron chi connectivity index (χ0n) is 10.1. The Bertz CT molecular complexity index is 405. The van der Waals surface area contributed by atoms with Gasteiger partial charge in [0.1, 0.15) is 5.15 Å². The summed E-state index contributed by atoms with van der Waals surface area (Å²) in [6.45, 7) is 3.49. The van der Waals surface area contributed by atoms with Crippen LogP contribution in [0.15, 0.2) is 18.3 Å². The average Bonchev–Trinajstić information content (AvgIpc) is 3.04. The second kappa shape index (κ2) is 4.46. The van der Waals surface area contributed by atoms with Crippen LogP contribution in [0.1, 0.15) is 26.2 Å². The van der Waals surface area contributed by atoms with E-state index < -0.39 is 0 Å². The Labute approximate surface area is 107 Å². The summed E-state index contributed by atoms with van der Waals surface area (Å²) in [6, 6.07) is 5.99. The van der Waals surface area contributed by atoms with E-state index in [4.69, 9.17) is 11.6 Å². The summed E-state index contributed by atoms with van der Waals surface area (Å²) in [5, 5.41) is 4.11. The standard InChI is InChI=1S/C13H18ClN3/c1-9-6-11(8-17(9)12-2-3-12)16-10-4-5-15-13(14)7-10/h4-5,7,9,11-12H,2-3,6,8H2,1H3,(H,15,16). The predicted molar refractivity (Wildman–Crippen MR) is 70.5 cm³/mol. The monoisotopic (exact) mass is 251 g/mol. The molecule has 1 N–H and O–H groups in total. The molecule has 3 rings (SSSR count). The zero-order valence-corrected chi connectivity index (χ0v) is 10.8. The fourth-order valence-electron chi connectivity index (χ4n) is 2.80. The van der Waals surface area contributed by atoms with E-state index in [1.807, 2.05) is 12.1 Å². The molecule has 1 aromatic heterocycles. The first-order valence-electron chi connectivity index (χ1n) is 6.36. The Kier molecular flexibility index (Phi) is 2.97. The lowest BCUT2D eigenvalue weighted by molar-refractivity contribution is 0.257. The Morgan fingerprint density at radius 3 is 3.00 bits per heavy atom. The van der Waals surface area contributed by atoms with Gasteiger partial charge in [0.2, 0.25) is 0 Å². The SMILES string of the molecule is CC1CC(Nc2ccnc(Cl)c2)CN1C1CC1. The Morgan fingerprint density at radius 1 is 1.47 bits per heavy atom. The van der Waals surface area contributed by atoms with E-state index >= 15 is 0 Å². The highest BCUT2D eigenvalue weighted by Gasteiger charge is 2.38. The van der Waals surface area contributed by atoms with Gasteiger partial charge < -0.3 is 5.32 Å². The van der Waals surface area contributed by atoms with Gasteiger partial charge in [-0.05, 0) is 38.3 Å². The van der Waals surface area contributed by atoms with Crippen LogP contribution in [0, 0.1) is 0 Å². The van der Waals surface area contributed by atoms with Gasteiger partial charge in [0, 0.05) is 36.6 Å². The van der Waals surface area contributed by atoms with Gasteiger partial charge in [0.15, 0.2) is 0 Å². The molecule has 2 heterocycles. The van der Waals surface area contributed by atoms with E-state index in [2.05, 4.69) is 22.1 Å². The fraction of sp³-hybridized carbons (Fsp3) is 0.615. The molecule has 1 aliphatic carbocycles. The van der Waals surface area contributed by atoms with Gasteiger partial charge in [-0.1, -0.05) is 11.6 Å². The summed E-state index contributed by atoms with van der Waals surface area (Å²) >= 11 is 5.89. The number of nitrogens with zero attached hydrogens (tertiary/aromatic N) is 2. The highest BCUT2D eigenvalue weighted by Crippen LogP contribution is 2.34. The maximum absolute atomic E-state index is 5.89. The Hall–Kier alpha value is -0.800. The van der Waals surface area contributed by atoms with E-state index in [9.17, 15) is 0 Å². The molecule has 2 unspecified atom stereocenters. The quantitative estimate of drug-likeness (QED) is 0.838. The third-order valence-corrected chi connectivity index (χ3v) is 3.94. The normalized spacial score (nSPS) is 29.5. The van der Waals surface area contributed by atoms with E-state index in [0.29, 0.717) is 17.2 Å². The predicted octanol–water partition coefficient (Wildman–Crippen LogP) is 2.77. The Morgan fingerprint density at radius 2 is 2.29 bits per heavy atom. The molecule has 3 nitrogen and oxygen atoms in total. The molecule has 2 aliphatic rings. The maximum atomic E-state index is 5.89. The summed E-state index contributed by atoms with van der Waals surface area (Å²) in [5.41, 5.74) is 1.08. The second-order valence-electron chi connectivity index (χ2n) is 5.22. The molecule has 1 aromatic rings. The number of halogens is 1. The van der Waals surface area contributed by atoms with Crippen LogP contribution in [0.25, 0.3) is 0 Å². The first kappa shape index (κ1) is 11.3. The van der Waals surface area contributed by atoms with Crippen LogP contribution in [-0.2, 0) is 0 Å². The highest BCUT2D eigenvalue weighted by atomic mass is 35.5. The molecule has 2 atom stereocenters. The van der Waals surface area contributed by atoms with Crippen molar-refractivity contribution in [1.82, 2.24) is 9.88 Å². The van der Waals surface area contributed by atoms with Crippen molar-refractivity contribution in [3.63, 3.8) is 0 Å². The topological polar surface area (TPSA) is 28.2 Å². The molecule has 4 heteroatoms. The van der Waals surface area contributed by atoms with Crippen LogP contribution in [0.5, 0.6) is 0 Å². The molecular formula is C13H18ClN3. The van der Waals surface area contributed by atoms with Gasteiger partial charge in [0.05, 0.1) is 0 Å². The number of pyridine rings is 1. The minimum Gasteiger partial charge on any atom is -0.381 e. The summed E-state index contributed by atoms with van der Waals surface area (Å²) in [4.78, 5) is 6.64. The molecule has 1 aliphatic heterocycles. The van der Waals surface area contributed by atoms with Crippen molar-refractivity contribution in [2.24, 2.45) is 0 Å². The van der Waals surface area contributed by atoms with Gasteiger partial charge in [-0.3, -0.25) is 4.90 Å². The minimum atomic E-state index is 0.545. The molecule has 2 fully saturated rings. The summed E-state index contributed by atoms with van der Waals surface area (Å²) in [6.07, 6.45) is 5.74. The number of hydrogen-bond donors (Lipinski definition) is 1. The number of likely N-dealkylation sites (tertiary alicyclic amines) is 1. The average molecular weight is 252 g/mol. The van der Waals surface area contributed by atoms with Crippen LogP contribution in [-0.4, -0.2) is 34.6 Å². The van der Waals surface area contributed by atoms with Crippen molar-refractivity contribution >= 4 is 17.3 Å². The lowest BCUT2D eigenvalue weighted by Gasteiger charge is -2.19. The van der Waals surface area contributed by atoms with Crippen LogP contribution in [0.2, 0.25) is 5.15 Å². The van der Waals surface area contributed by atoms with Gasteiger partial charge in [0.25, 0.3) is 0 Å². The number of hydrogen-bond acceptors (Lipinski definition) is 3. The molecule has 0 radical (unpaired) electrons. The summed E-state index contributed by atoms with van der Waals surface area (Å²) < 4.78 is 0. The van der Waals surface area contributed by atoms with Crippen LogP contribution >= 0.6 is 11.6 Å². The van der Waals surface area contributed by atoms with Crippen LogP contribution in [0.4, 0.5) is 5.69 Å². The van der Waals surface area contributed by atoms with Crippen molar-refractivity contribution < 1.29 is 0 Å². The van der Waals surface area contributed by atoms with Gasteiger partial charge >= 0.3 is 0 Å². The number of rotatable bonds is 3. The third kappa shape index (κ3) is 2.55. The maximum Gasteiger partial charge on any atom is 0.131 e. The van der Waals surface area contributed by atoms with Crippen molar-refractivity contribution in [1.29, 1.82) is 0 Å². The molecule has 1 saturated carbocycles. The van der Waals surface area contributed by atoms with Crippen LogP contribution < -0.4 is 5.32 Å².